The topological polar surface area (TPSA) is 98.5 Å². The molecule has 8 nitrogen and oxygen atoms in total. The van der Waals surface area contributed by atoms with Crippen LogP contribution in [0.1, 0.15) is 29.6 Å². The second-order valence-electron chi connectivity index (χ2n) is 7.98. The Morgan fingerprint density at radius 2 is 2.14 bits per heavy atom. The van der Waals surface area contributed by atoms with Crippen molar-refractivity contribution in [3.05, 3.63) is 42.7 Å². The van der Waals surface area contributed by atoms with Crippen molar-refractivity contribution in [1.29, 1.82) is 0 Å². The molecular formula is C20H23N5O3. The fourth-order valence-electron chi connectivity index (χ4n) is 4.74. The van der Waals surface area contributed by atoms with Crippen LogP contribution < -0.4 is 4.90 Å². The molecule has 1 atom stereocenters. The van der Waals surface area contributed by atoms with E-state index in [1.807, 2.05) is 12.3 Å². The number of amides is 1. The summed E-state index contributed by atoms with van der Waals surface area (Å²) in [6.45, 7) is 2.74. The van der Waals surface area contributed by atoms with Gasteiger partial charge in [-0.3, -0.25) is 4.79 Å². The van der Waals surface area contributed by atoms with Crippen LogP contribution in [0.15, 0.2) is 41.6 Å². The summed E-state index contributed by atoms with van der Waals surface area (Å²) >= 11 is 0. The molecule has 2 saturated heterocycles. The van der Waals surface area contributed by atoms with E-state index in [9.17, 15) is 9.90 Å². The van der Waals surface area contributed by atoms with Gasteiger partial charge < -0.3 is 24.3 Å². The predicted molar refractivity (Wildman–Crippen MR) is 103 cm³/mol. The van der Waals surface area contributed by atoms with Gasteiger partial charge in [-0.1, -0.05) is 0 Å². The number of aromatic nitrogens is 3. The van der Waals surface area contributed by atoms with Crippen molar-refractivity contribution in [1.82, 2.24) is 19.9 Å². The molecule has 0 saturated carbocycles. The maximum atomic E-state index is 12.8. The number of anilines is 1. The molecule has 5 heterocycles. The Kier molecular flexibility index (Phi) is 4.08. The molecule has 2 N–H and O–H groups in total. The summed E-state index contributed by atoms with van der Waals surface area (Å²) in [5.74, 6) is 0.878. The van der Waals surface area contributed by atoms with Crippen LogP contribution >= 0.6 is 0 Å². The number of piperidine rings is 2. The third kappa shape index (κ3) is 2.93. The molecule has 0 aromatic carbocycles. The number of fused-ring (bicyclic) bond motifs is 1. The Balaban J connectivity index is 1.33. The van der Waals surface area contributed by atoms with Crippen LogP contribution in [-0.4, -0.2) is 63.1 Å². The van der Waals surface area contributed by atoms with E-state index < -0.39 is 6.10 Å². The number of hydrogen-bond acceptors (Lipinski definition) is 6. The van der Waals surface area contributed by atoms with E-state index in [2.05, 4.69) is 19.9 Å². The zero-order chi connectivity index (χ0) is 19.1. The van der Waals surface area contributed by atoms with Crippen molar-refractivity contribution in [3.63, 3.8) is 0 Å². The number of furan rings is 1. The van der Waals surface area contributed by atoms with E-state index in [-0.39, 0.29) is 11.3 Å². The maximum absolute atomic E-state index is 12.8. The molecule has 1 spiro atoms. The van der Waals surface area contributed by atoms with Gasteiger partial charge in [-0.2, -0.15) is 0 Å². The maximum Gasteiger partial charge on any atom is 0.257 e. The molecule has 5 rings (SSSR count). The van der Waals surface area contributed by atoms with Gasteiger partial charge in [0.1, 0.15) is 24.1 Å². The molecule has 3 aromatic rings. The predicted octanol–water partition coefficient (Wildman–Crippen LogP) is 2.04. The van der Waals surface area contributed by atoms with Crippen molar-refractivity contribution in [2.24, 2.45) is 5.41 Å². The number of carbonyl (C=O) groups is 1. The van der Waals surface area contributed by atoms with Gasteiger partial charge in [0, 0.05) is 32.4 Å². The molecule has 3 aromatic heterocycles. The summed E-state index contributed by atoms with van der Waals surface area (Å²) in [4.78, 5) is 28.7. The second-order valence-corrected chi connectivity index (χ2v) is 7.98. The summed E-state index contributed by atoms with van der Waals surface area (Å²) in [6.07, 6.45) is 8.51. The van der Waals surface area contributed by atoms with E-state index in [4.69, 9.17) is 4.42 Å². The minimum atomic E-state index is -0.494. The van der Waals surface area contributed by atoms with Crippen LogP contribution in [0.25, 0.3) is 11.0 Å². The summed E-state index contributed by atoms with van der Waals surface area (Å²) in [7, 11) is 0. The summed E-state index contributed by atoms with van der Waals surface area (Å²) in [5, 5.41) is 11.5. The van der Waals surface area contributed by atoms with Crippen LogP contribution in [-0.2, 0) is 0 Å². The van der Waals surface area contributed by atoms with Crippen molar-refractivity contribution in [2.45, 2.75) is 25.4 Å². The van der Waals surface area contributed by atoms with Crippen LogP contribution in [0.5, 0.6) is 0 Å². The molecular weight excluding hydrogens is 358 g/mol. The summed E-state index contributed by atoms with van der Waals surface area (Å²) in [6, 6.07) is 3.68. The lowest BCUT2D eigenvalue weighted by molar-refractivity contribution is -0.0150. The lowest BCUT2D eigenvalue weighted by Crippen LogP contribution is -2.55. The van der Waals surface area contributed by atoms with Crippen molar-refractivity contribution >= 4 is 22.8 Å². The highest BCUT2D eigenvalue weighted by Gasteiger charge is 2.43. The van der Waals surface area contributed by atoms with E-state index in [0.717, 1.165) is 49.2 Å². The van der Waals surface area contributed by atoms with Crippen LogP contribution in [0.2, 0.25) is 0 Å². The Morgan fingerprint density at radius 3 is 2.93 bits per heavy atom. The van der Waals surface area contributed by atoms with Crippen LogP contribution in [0, 0.1) is 5.41 Å². The van der Waals surface area contributed by atoms with Gasteiger partial charge in [0.15, 0.2) is 0 Å². The molecule has 28 heavy (non-hydrogen) atoms. The van der Waals surface area contributed by atoms with Gasteiger partial charge in [-0.15, -0.1) is 0 Å². The monoisotopic (exact) mass is 381 g/mol. The smallest absolute Gasteiger partial charge is 0.257 e. The summed E-state index contributed by atoms with van der Waals surface area (Å²) < 4.78 is 5.05. The third-order valence-electron chi connectivity index (χ3n) is 6.14. The average molecular weight is 381 g/mol. The highest BCUT2D eigenvalue weighted by atomic mass is 16.3. The number of aliphatic hydroxyl groups is 1. The highest BCUT2D eigenvalue weighted by Crippen LogP contribution is 2.41. The van der Waals surface area contributed by atoms with E-state index in [1.54, 1.807) is 17.3 Å². The first kappa shape index (κ1) is 17.2. The van der Waals surface area contributed by atoms with Crippen molar-refractivity contribution < 1.29 is 14.3 Å². The standard InChI is InChI=1S/C20H23N5O3/c26-15-9-20(12-25(10-15)19(27)14-2-8-28-11-14)3-6-24(7-4-20)18-16-1-5-21-17(16)22-13-23-18/h1-2,5,8,11,13,15,26H,3-4,6-7,9-10,12H2,(H,21,22,23). The van der Waals surface area contributed by atoms with Crippen molar-refractivity contribution in [2.75, 3.05) is 31.1 Å². The first-order valence-electron chi connectivity index (χ1n) is 9.66. The Labute approximate surface area is 162 Å². The average Bonchev–Trinajstić information content (AvgIpc) is 3.39. The van der Waals surface area contributed by atoms with Gasteiger partial charge in [0.25, 0.3) is 5.91 Å². The number of rotatable bonds is 2. The zero-order valence-electron chi connectivity index (χ0n) is 15.5. The number of carbonyl (C=O) groups excluding carboxylic acids is 1. The minimum absolute atomic E-state index is 0.0577. The normalized spacial score (nSPS) is 22.1. The Bertz CT molecular complexity index is 975. The summed E-state index contributed by atoms with van der Waals surface area (Å²) in [5.41, 5.74) is 1.32. The largest absolute Gasteiger partial charge is 0.472 e. The molecule has 0 radical (unpaired) electrons. The van der Waals surface area contributed by atoms with E-state index in [0.29, 0.717) is 18.7 Å². The van der Waals surface area contributed by atoms with Crippen molar-refractivity contribution in [3.8, 4) is 0 Å². The quantitative estimate of drug-likeness (QED) is 0.705. The number of H-pyrrole nitrogens is 1. The number of nitrogens with zero attached hydrogens (tertiary/aromatic N) is 4. The molecule has 2 aliphatic heterocycles. The zero-order valence-corrected chi connectivity index (χ0v) is 15.5. The van der Waals surface area contributed by atoms with Gasteiger partial charge in [-0.25, -0.2) is 9.97 Å². The van der Waals surface area contributed by atoms with E-state index in [1.165, 1.54) is 12.5 Å². The molecule has 8 heteroatoms. The van der Waals surface area contributed by atoms with Gasteiger partial charge in [-0.05, 0) is 36.8 Å². The fraction of sp³-hybridized carbons (Fsp3) is 0.450. The lowest BCUT2D eigenvalue weighted by Gasteiger charge is -2.49. The first-order chi connectivity index (χ1) is 13.6. The second kappa shape index (κ2) is 6.63. The number of aliphatic hydroxyl groups excluding tert-OH is 1. The number of nitrogens with one attached hydrogen (secondary N) is 1. The molecule has 2 aliphatic rings. The third-order valence-corrected chi connectivity index (χ3v) is 6.14. The fourth-order valence-corrected chi connectivity index (χ4v) is 4.74. The molecule has 1 unspecified atom stereocenters. The molecule has 0 aliphatic carbocycles. The Morgan fingerprint density at radius 1 is 1.29 bits per heavy atom. The molecule has 146 valence electrons. The number of likely N-dealkylation sites (tertiary alicyclic amines) is 1. The highest BCUT2D eigenvalue weighted by molar-refractivity contribution is 5.94. The van der Waals surface area contributed by atoms with E-state index >= 15 is 0 Å². The van der Waals surface area contributed by atoms with Gasteiger partial charge in [0.05, 0.1) is 23.3 Å². The van der Waals surface area contributed by atoms with Crippen LogP contribution in [0.3, 0.4) is 0 Å². The molecule has 1 amide bonds. The number of aromatic amines is 1. The van der Waals surface area contributed by atoms with Gasteiger partial charge >= 0.3 is 0 Å². The molecule has 0 bridgehead atoms. The number of β-amino-alcohol motifs (C(OH)–C–C–N with tert-alkyl or cyclic N) is 1. The SMILES string of the molecule is O=C(c1ccoc1)N1CC(O)CC2(CCN(c3ncnc4[nH]ccc34)CC2)C1. The minimum Gasteiger partial charge on any atom is -0.472 e. The lowest BCUT2D eigenvalue weighted by atomic mass is 9.71. The van der Waals surface area contributed by atoms with Gasteiger partial charge in [0.2, 0.25) is 0 Å². The van der Waals surface area contributed by atoms with Crippen LogP contribution in [0.4, 0.5) is 5.82 Å². The number of hydrogen-bond donors (Lipinski definition) is 2. The molecule has 2 fully saturated rings. The Hall–Kier alpha value is -2.87. The first-order valence-corrected chi connectivity index (χ1v) is 9.66.